The van der Waals surface area contributed by atoms with E-state index in [1.54, 1.807) is 12.1 Å². The molecule has 0 atom stereocenters. The van der Waals surface area contributed by atoms with Gasteiger partial charge in [0.05, 0.1) is 12.1 Å². The first kappa shape index (κ1) is 9.86. The normalized spacial score (nSPS) is 11.4. The van der Waals surface area contributed by atoms with Crippen LogP contribution in [0.2, 0.25) is 0 Å². The van der Waals surface area contributed by atoms with Gasteiger partial charge >= 0.3 is 5.69 Å². The van der Waals surface area contributed by atoms with Crippen molar-refractivity contribution in [3.05, 3.63) is 40.3 Å². The van der Waals surface area contributed by atoms with E-state index in [9.17, 15) is 15.0 Å². The molecule has 0 amide bonds. The van der Waals surface area contributed by atoms with Gasteiger partial charge in [-0.25, -0.2) is 14.3 Å². The Morgan fingerprint density at radius 1 is 1.35 bits per heavy atom. The van der Waals surface area contributed by atoms with Crippen LogP contribution < -0.4 is 5.69 Å². The van der Waals surface area contributed by atoms with Crippen LogP contribution in [-0.2, 0) is 6.61 Å². The van der Waals surface area contributed by atoms with Crippen LogP contribution in [0.3, 0.4) is 0 Å². The number of fused-ring (bicyclic) bond motifs is 3. The molecule has 0 saturated heterocycles. The number of pyridine rings is 1. The lowest BCUT2D eigenvalue weighted by Crippen LogP contribution is -2.10. The van der Waals surface area contributed by atoms with Crippen LogP contribution in [-0.4, -0.2) is 24.8 Å². The summed E-state index contributed by atoms with van der Waals surface area (Å²) < 4.78 is 1.33. The predicted molar refractivity (Wildman–Crippen MR) is 60.9 cm³/mol. The van der Waals surface area contributed by atoms with Crippen LogP contribution in [0.25, 0.3) is 16.6 Å². The summed E-state index contributed by atoms with van der Waals surface area (Å²) in [4.78, 5) is 11.7. The summed E-state index contributed by atoms with van der Waals surface area (Å²) >= 11 is 0. The average molecular weight is 231 g/mol. The number of aliphatic hydroxyl groups is 1. The van der Waals surface area contributed by atoms with Gasteiger partial charge in [-0.3, -0.25) is 0 Å². The monoisotopic (exact) mass is 231 g/mol. The molecule has 0 aliphatic carbocycles. The van der Waals surface area contributed by atoms with Crippen molar-refractivity contribution in [2.24, 2.45) is 0 Å². The summed E-state index contributed by atoms with van der Waals surface area (Å²) in [7, 11) is 0. The Bertz CT molecular complexity index is 773. The first-order chi connectivity index (χ1) is 8.20. The van der Waals surface area contributed by atoms with Crippen LogP contribution >= 0.6 is 0 Å². The standard InChI is InChI=1S/C11H9N3O3/c15-5-7-3-6-1-2-8(16)4-9(6)14-10(7)12-13-11(14)17/h1-4,15-16H,5H2,(H,13,17). The molecule has 0 bridgehead atoms. The minimum atomic E-state index is -0.397. The van der Waals surface area contributed by atoms with Crippen molar-refractivity contribution in [2.75, 3.05) is 0 Å². The first-order valence-electron chi connectivity index (χ1n) is 5.03. The van der Waals surface area contributed by atoms with E-state index in [2.05, 4.69) is 10.2 Å². The van der Waals surface area contributed by atoms with Crippen molar-refractivity contribution in [1.82, 2.24) is 14.6 Å². The molecule has 2 aromatic heterocycles. The van der Waals surface area contributed by atoms with E-state index in [4.69, 9.17) is 0 Å². The summed E-state index contributed by atoms with van der Waals surface area (Å²) in [6.07, 6.45) is 0. The number of nitrogens with one attached hydrogen (secondary N) is 1. The van der Waals surface area contributed by atoms with Gasteiger partial charge in [-0.1, -0.05) is 0 Å². The van der Waals surface area contributed by atoms with Crippen LogP contribution in [0.15, 0.2) is 29.1 Å². The number of aromatic nitrogens is 3. The number of hydrogen-bond acceptors (Lipinski definition) is 4. The van der Waals surface area contributed by atoms with E-state index >= 15 is 0 Å². The second kappa shape index (κ2) is 3.33. The molecule has 86 valence electrons. The van der Waals surface area contributed by atoms with E-state index in [-0.39, 0.29) is 12.4 Å². The number of aromatic hydroxyl groups is 1. The molecule has 17 heavy (non-hydrogen) atoms. The molecule has 0 fully saturated rings. The van der Waals surface area contributed by atoms with Crippen LogP contribution in [0.1, 0.15) is 5.56 Å². The highest BCUT2D eigenvalue weighted by Gasteiger charge is 2.10. The smallest absolute Gasteiger partial charge is 0.348 e. The second-order valence-corrected chi connectivity index (χ2v) is 3.76. The molecule has 0 spiro atoms. The van der Waals surface area contributed by atoms with Gasteiger partial charge in [0.2, 0.25) is 0 Å². The van der Waals surface area contributed by atoms with Crippen LogP contribution in [0.4, 0.5) is 0 Å². The van der Waals surface area contributed by atoms with Gasteiger partial charge in [-0.2, -0.15) is 5.10 Å². The lowest BCUT2D eigenvalue weighted by Gasteiger charge is -2.05. The lowest BCUT2D eigenvalue weighted by atomic mass is 10.1. The zero-order chi connectivity index (χ0) is 12.0. The summed E-state index contributed by atoms with van der Waals surface area (Å²) in [6.45, 7) is -0.204. The van der Waals surface area contributed by atoms with Crippen molar-refractivity contribution in [1.29, 1.82) is 0 Å². The Balaban J connectivity index is 2.63. The zero-order valence-corrected chi connectivity index (χ0v) is 8.71. The molecule has 0 radical (unpaired) electrons. The highest BCUT2D eigenvalue weighted by molar-refractivity contribution is 5.84. The third-order valence-electron chi connectivity index (χ3n) is 2.71. The first-order valence-corrected chi connectivity index (χ1v) is 5.03. The molecule has 0 aliphatic heterocycles. The number of nitrogens with zero attached hydrogens (tertiary/aromatic N) is 2. The minimum absolute atomic E-state index is 0.0728. The van der Waals surface area contributed by atoms with E-state index in [1.165, 1.54) is 16.5 Å². The van der Waals surface area contributed by atoms with Crippen molar-refractivity contribution >= 4 is 16.6 Å². The number of rotatable bonds is 1. The number of hydrogen-bond donors (Lipinski definition) is 3. The maximum Gasteiger partial charge on any atom is 0.348 e. The van der Waals surface area contributed by atoms with E-state index in [0.717, 1.165) is 5.39 Å². The van der Waals surface area contributed by atoms with Crippen molar-refractivity contribution < 1.29 is 10.2 Å². The van der Waals surface area contributed by atoms with Crippen LogP contribution in [0.5, 0.6) is 5.75 Å². The Labute approximate surface area is 94.8 Å². The van der Waals surface area contributed by atoms with Gasteiger partial charge in [0.25, 0.3) is 0 Å². The van der Waals surface area contributed by atoms with Gasteiger partial charge < -0.3 is 10.2 Å². The molecular formula is C11H9N3O3. The fraction of sp³-hybridized carbons (Fsp3) is 0.0909. The summed E-state index contributed by atoms with van der Waals surface area (Å²) in [5, 5.41) is 25.6. The number of aliphatic hydroxyl groups excluding tert-OH is 1. The largest absolute Gasteiger partial charge is 0.508 e. The van der Waals surface area contributed by atoms with Gasteiger partial charge in [0, 0.05) is 11.6 Å². The quantitative estimate of drug-likeness (QED) is 0.564. The molecule has 6 nitrogen and oxygen atoms in total. The molecule has 0 saturated carbocycles. The maximum absolute atomic E-state index is 11.7. The molecule has 2 heterocycles. The molecular weight excluding hydrogens is 222 g/mol. The molecule has 0 unspecified atom stereocenters. The molecule has 6 heteroatoms. The third-order valence-corrected chi connectivity index (χ3v) is 2.71. The number of H-pyrrole nitrogens is 1. The van der Waals surface area contributed by atoms with Crippen LogP contribution in [0, 0.1) is 0 Å². The summed E-state index contributed by atoms with van der Waals surface area (Å²) in [5.41, 5.74) is 1.08. The predicted octanol–water partition coefficient (Wildman–Crippen LogP) is 0.374. The molecule has 3 N–H and O–H groups in total. The van der Waals surface area contributed by atoms with Crippen molar-refractivity contribution in [3.63, 3.8) is 0 Å². The van der Waals surface area contributed by atoms with Crippen molar-refractivity contribution in [3.8, 4) is 5.75 Å². The maximum atomic E-state index is 11.7. The Hall–Kier alpha value is -2.34. The zero-order valence-electron chi connectivity index (χ0n) is 8.71. The van der Waals surface area contributed by atoms with E-state index in [0.29, 0.717) is 16.7 Å². The Morgan fingerprint density at radius 3 is 2.94 bits per heavy atom. The average Bonchev–Trinajstić information content (AvgIpc) is 2.71. The molecule has 0 aliphatic rings. The number of phenols is 1. The van der Waals surface area contributed by atoms with E-state index < -0.39 is 5.69 Å². The topological polar surface area (TPSA) is 90.6 Å². The van der Waals surface area contributed by atoms with Gasteiger partial charge in [0.15, 0.2) is 5.65 Å². The number of benzene rings is 1. The highest BCUT2D eigenvalue weighted by atomic mass is 16.3. The molecule has 3 rings (SSSR count). The SMILES string of the molecule is O=c1[nH]nc2c(CO)cc3ccc(O)cc3n12. The lowest BCUT2D eigenvalue weighted by molar-refractivity contribution is 0.283. The Kier molecular flexibility index (Phi) is 1.93. The Morgan fingerprint density at radius 2 is 2.18 bits per heavy atom. The minimum Gasteiger partial charge on any atom is -0.508 e. The molecule has 1 aromatic carbocycles. The van der Waals surface area contributed by atoms with Gasteiger partial charge in [-0.05, 0) is 23.6 Å². The number of phenolic OH excluding ortho intramolecular Hbond substituents is 1. The second-order valence-electron chi connectivity index (χ2n) is 3.76. The molecule has 3 aromatic rings. The van der Waals surface area contributed by atoms with E-state index in [1.807, 2.05) is 0 Å². The van der Waals surface area contributed by atoms with Gasteiger partial charge in [-0.15, -0.1) is 0 Å². The van der Waals surface area contributed by atoms with Gasteiger partial charge in [0.1, 0.15) is 5.75 Å². The highest BCUT2D eigenvalue weighted by Crippen LogP contribution is 2.22. The summed E-state index contributed by atoms with van der Waals surface area (Å²) in [6, 6.07) is 6.44. The fourth-order valence-electron chi connectivity index (χ4n) is 1.95. The summed E-state index contributed by atoms with van der Waals surface area (Å²) in [5.74, 6) is 0.0728. The fourth-order valence-corrected chi connectivity index (χ4v) is 1.95. The van der Waals surface area contributed by atoms with Crippen molar-refractivity contribution in [2.45, 2.75) is 6.61 Å². The third kappa shape index (κ3) is 1.31. The number of aromatic amines is 1.